The van der Waals surface area contributed by atoms with Crippen LogP contribution in [0.1, 0.15) is 11.3 Å². The SMILES string of the molecule is Cc1cccc(N=Cc2ccc(-c3ccc(Cl)cc3)o2)c1. The molecule has 0 unspecified atom stereocenters. The summed E-state index contributed by atoms with van der Waals surface area (Å²) >= 11 is 5.88. The van der Waals surface area contributed by atoms with Gasteiger partial charge in [0, 0.05) is 10.6 Å². The Balaban J connectivity index is 1.80. The van der Waals surface area contributed by atoms with E-state index in [4.69, 9.17) is 16.0 Å². The molecule has 0 fully saturated rings. The van der Waals surface area contributed by atoms with Crippen molar-refractivity contribution in [3.05, 3.63) is 77.0 Å². The summed E-state index contributed by atoms with van der Waals surface area (Å²) in [6, 6.07) is 19.4. The molecule has 0 N–H and O–H groups in total. The van der Waals surface area contributed by atoms with Crippen LogP contribution in [-0.2, 0) is 0 Å². The number of hydrogen-bond donors (Lipinski definition) is 0. The molecule has 1 heterocycles. The summed E-state index contributed by atoms with van der Waals surface area (Å²) in [7, 11) is 0. The molecule has 3 rings (SSSR count). The number of furan rings is 1. The van der Waals surface area contributed by atoms with E-state index < -0.39 is 0 Å². The van der Waals surface area contributed by atoms with Crippen molar-refractivity contribution >= 4 is 23.5 Å². The van der Waals surface area contributed by atoms with E-state index in [1.54, 1.807) is 6.21 Å². The summed E-state index contributed by atoms with van der Waals surface area (Å²) < 4.78 is 5.77. The van der Waals surface area contributed by atoms with E-state index in [1.807, 2.05) is 67.6 Å². The number of benzene rings is 2. The monoisotopic (exact) mass is 295 g/mol. The van der Waals surface area contributed by atoms with Crippen LogP contribution in [0.3, 0.4) is 0 Å². The molecule has 2 aromatic carbocycles. The van der Waals surface area contributed by atoms with Crippen molar-refractivity contribution < 1.29 is 4.42 Å². The lowest BCUT2D eigenvalue weighted by molar-refractivity contribution is 0.575. The van der Waals surface area contributed by atoms with Crippen LogP contribution in [0, 0.1) is 6.92 Å². The van der Waals surface area contributed by atoms with Gasteiger partial charge in [-0.05, 0) is 61.0 Å². The Morgan fingerprint density at radius 1 is 1.00 bits per heavy atom. The lowest BCUT2D eigenvalue weighted by atomic mass is 10.2. The topological polar surface area (TPSA) is 25.5 Å². The highest BCUT2D eigenvalue weighted by molar-refractivity contribution is 6.30. The molecule has 1 aromatic heterocycles. The van der Waals surface area contributed by atoms with Gasteiger partial charge in [0.15, 0.2) is 0 Å². The second kappa shape index (κ2) is 5.98. The van der Waals surface area contributed by atoms with E-state index in [1.165, 1.54) is 5.56 Å². The van der Waals surface area contributed by atoms with Gasteiger partial charge in [-0.15, -0.1) is 0 Å². The first-order valence-corrected chi connectivity index (χ1v) is 7.05. The van der Waals surface area contributed by atoms with Crippen molar-refractivity contribution in [3.8, 4) is 11.3 Å². The fourth-order valence-electron chi connectivity index (χ4n) is 2.04. The highest BCUT2D eigenvalue weighted by Crippen LogP contribution is 2.23. The first-order chi connectivity index (χ1) is 10.2. The van der Waals surface area contributed by atoms with Crippen molar-refractivity contribution in [1.29, 1.82) is 0 Å². The Bertz CT molecular complexity index is 772. The summed E-state index contributed by atoms with van der Waals surface area (Å²) in [5, 5.41) is 0.714. The predicted octanol–water partition coefficient (Wildman–Crippen LogP) is 5.66. The molecular formula is C18H14ClNO. The molecule has 0 aliphatic heterocycles. The fraction of sp³-hybridized carbons (Fsp3) is 0.0556. The van der Waals surface area contributed by atoms with Crippen molar-refractivity contribution in [3.63, 3.8) is 0 Å². The standard InChI is InChI=1S/C18H14ClNO/c1-13-3-2-4-16(11-13)20-12-17-9-10-18(21-17)14-5-7-15(19)8-6-14/h2-12H,1H3. The summed E-state index contributed by atoms with van der Waals surface area (Å²) in [4.78, 5) is 4.42. The average Bonchev–Trinajstić information content (AvgIpc) is 2.95. The number of halogens is 1. The zero-order chi connectivity index (χ0) is 14.7. The number of nitrogens with zero attached hydrogens (tertiary/aromatic N) is 1. The summed E-state index contributed by atoms with van der Waals surface area (Å²) in [5.74, 6) is 1.53. The third kappa shape index (κ3) is 3.41. The quantitative estimate of drug-likeness (QED) is 0.572. The Kier molecular flexibility index (Phi) is 3.89. The molecule has 0 aliphatic rings. The zero-order valence-corrected chi connectivity index (χ0v) is 12.3. The van der Waals surface area contributed by atoms with Crippen LogP contribution in [0.4, 0.5) is 5.69 Å². The molecule has 0 bridgehead atoms. The van der Waals surface area contributed by atoms with Gasteiger partial charge in [-0.1, -0.05) is 23.7 Å². The molecule has 2 nitrogen and oxygen atoms in total. The number of aryl methyl sites for hydroxylation is 1. The molecule has 0 saturated heterocycles. The highest BCUT2D eigenvalue weighted by Gasteiger charge is 2.03. The van der Waals surface area contributed by atoms with Gasteiger partial charge in [-0.2, -0.15) is 0 Å². The van der Waals surface area contributed by atoms with Gasteiger partial charge in [0.05, 0.1) is 11.9 Å². The van der Waals surface area contributed by atoms with E-state index in [0.29, 0.717) is 5.02 Å². The first-order valence-electron chi connectivity index (χ1n) is 6.67. The van der Waals surface area contributed by atoms with E-state index in [0.717, 1.165) is 22.8 Å². The lowest BCUT2D eigenvalue weighted by Crippen LogP contribution is -1.76. The maximum absolute atomic E-state index is 5.88. The van der Waals surface area contributed by atoms with Crippen molar-refractivity contribution in [2.75, 3.05) is 0 Å². The molecule has 0 atom stereocenters. The van der Waals surface area contributed by atoms with Gasteiger partial charge in [0.1, 0.15) is 11.5 Å². The van der Waals surface area contributed by atoms with Crippen molar-refractivity contribution in [2.45, 2.75) is 6.92 Å². The second-order valence-corrected chi connectivity index (χ2v) is 5.24. The highest BCUT2D eigenvalue weighted by atomic mass is 35.5. The van der Waals surface area contributed by atoms with Gasteiger partial charge < -0.3 is 4.42 Å². The summed E-state index contributed by atoms with van der Waals surface area (Å²) in [5.41, 5.74) is 3.10. The fourth-order valence-corrected chi connectivity index (χ4v) is 2.16. The third-order valence-corrected chi connectivity index (χ3v) is 3.35. The van der Waals surface area contributed by atoms with Crippen LogP contribution in [-0.4, -0.2) is 6.21 Å². The van der Waals surface area contributed by atoms with Crippen LogP contribution in [0.25, 0.3) is 11.3 Å². The number of rotatable bonds is 3. The third-order valence-electron chi connectivity index (χ3n) is 3.10. The minimum absolute atomic E-state index is 0.714. The molecule has 3 aromatic rings. The van der Waals surface area contributed by atoms with Gasteiger partial charge in [-0.25, -0.2) is 0 Å². The Hall–Kier alpha value is -2.32. The minimum atomic E-state index is 0.714. The van der Waals surface area contributed by atoms with Crippen LogP contribution in [0.15, 0.2) is 70.1 Å². The summed E-state index contributed by atoms with van der Waals surface area (Å²) in [6.45, 7) is 2.05. The minimum Gasteiger partial charge on any atom is -0.455 e. The normalized spacial score (nSPS) is 11.1. The van der Waals surface area contributed by atoms with Crippen LogP contribution < -0.4 is 0 Å². The average molecular weight is 296 g/mol. The van der Waals surface area contributed by atoms with Crippen LogP contribution in [0.5, 0.6) is 0 Å². The molecule has 104 valence electrons. The van der Waals surface area contributed by atoms with E-state index in [9.17, 15) is 0 Å². The molecule has 0 aliphatic carbocycles. The van der Waals surface area contributed by atoms with E-state index >= 15 is 0 Å². The van der Waals surface area contributed by atoms with E-state index in [2.05, 4.69) is 4.99 Å². The smallest absolute Gasteiger partial charge is 0.145 e. The molecular weight excluding hydrogens is 282 g/mol. The maximum atomic E-state index is 5.88. The largest absolute Gasteiger partial charge is 0.455 e. The maximum Gasteiger partial charge on any atom is 0.145 e. The van der Waals surface area contributed by atoms with Gasteiger partial charge in [0.25, 0.3) is 0 Å². The molecule has 0 radical (unpaired) electrons. The van der Waals surface area contributed by atoms with Crippen molar-refractivity contribution in [2.24, 2.45) is 4.99 Å². The molecule has 3 heteroatoms. The Morgan fingerprint density at radius 3 is 2.57 bits per heavy atom. The zero-order valence-electron chi connectivity index (χ0n) is 11.6. The Morgan fingerprint density at radius 2 is 1.81 bits per heavy atom. The Labute approximate surface area is 128 Å². The second-order valence-electron chi connectivity index (χ2n) is 4.81. The molecule has 0 spiro atoms. The number of hydrogen-bond acceptors (Lipinski definition) is 2. The van der Waals surface area contributed by atoms with Gasteiger partial charge >= 0.3 is 0 Å². The van der Waals surface area contributed by atoms with Crippen LogP contribution >= 0.6 is 11.6 Å². The van der Waals surface area contributed by atoms with Gasteiger partial charge in [0.2, 0.25) is 0 Å². The number of aliphatic imine (C=N–C) groups is 1. The first kappa shape index (κ1) is 13.7. The van der Waals surface area contributed by atoms with Crippen LogP contribution in [0.2, 0.25) is 5.02 Å². The molecule has 0 amide bonds. The molecule has 0 saturated carbocycles. The predicted molar refractivity (Wildman–Crippen MR) is 87.6 cm³/mol. The molecule has 21 heavy (non-hydrogen) atoms. The van der Waals surface area contributed by atoms with Gasteiger partial charge in [-0.3, -0.25) is 4.99 Å². The van der Waals surface area contributed by atoms with E-state index in [-0.39, 0.29) is 0 Å². The van der Waals surface area contributed by atoms with Crippen molar-refractivity contribution in [1.82, 2.24) is 0 Å². The summed E-state index contributed by atoms with van der Waals surface area (Å²) in [6.07, 6.45) is 1.73. The lowest BCUT2D eigenvalue weighted by Gasteiger charge is -1.96.